The van der Waals surface area contributed by atoms with Gasteiger partial charge in [0.15, 0.2) is 0 Å². The highest BCUT2D eigenvalue weighted by Crippen LogP contribution is 2.44. The molecule has 2 aliphatic rings. The molecule has 0 radical (unpaired) electrons. The lowest BCUT2D eigenvalue weighted by Gasteiger charge is -2.59. The number of rotatable bonds is 2. The van der Waals surface area contributed by atoms with Crippen molar-refractivity contribution >= 4 is 0 Å². The molecule has 1 aliphatic carbocycles. The van der Waals surface area contributed by atoms with Crippen LogP contribution in [0.3, 0.4) is 0 Å². The van der Waals surface area contributed by atoms with Gasteiger partial charge in [0, 0.05) is 25.2 Å². The molecular weight excluding hydrogens is 148 g/mol. The number of nitrogens with zero attached hydrogens (tertiary/aromatic N) is 1. The summed E-state index contributed by atoms with van der Waals surface area (Å²) < 4.78 is 0. The number of nitrogens with two attached hydrogens (primary N) is 1. The molecule has 1 saturated heterocycles. The first-order valence-corrected chi connectivity index (χ1v) is 5.03. The molecule has 12 heavy (non-hydrogen) atoms. The van der Waals surface area contributed by atoms with Crippen LogP contribution in [0.2, 0.25) is 0 Å². The van der Waals surface area contributed by atoms with Crippen LogP contribution in [0.1, 0.15) is 33.1 Å². The van der Waals surface area contributed by atoms with Gasteiger partial charge >= 0.3 is 0 Å². The van der Waals surface area contributed by atoms with E-state index in [1.54, 1.807) is 0 Å². The largest absolute Gasteiger partial charge is 0.329 e. The van der Waals surface area contributed by atoms with Crippen molar-refractivity contribution in [2.45, 2.75) is 38.6 Å². The van der Waals surface area contributed by atoms with Crippen LogP contribution >= 0.6 is 0 Å². The predicted molar refractivity (Wildman–Crippen MR) is 51.0 cm³/mol. The van der Waals surface area contributed by atoms with Gasteiger partial charge in [0.2, 0.25) is 0 Å². The molecule has 2 nitrogen and oxygen atoms in total. The monoisotopic (exact) mass is 168 g/mol. The Morgan fingerprint density at radius 2 is 1.83 bits per heavy atom. The van der Waals surface area contributed by atoms with E-state index < -0.39 is 0 Å². The normalized spacial score (nSPS) is 32.2. The van der Waals surface area contributed by atoms with Gasteiger partial charge in [-0.15, -0.1) is 0 Å². The SMILES string of the molecule is CC1(C)CN(C2(CN)CCC2)C1. The molecule has 2 fully saturated rings. The minimum atomic E-state index is 0.426. The Labute approximate surface area is 75.1 Å². The number of likely N-dealkylation sites (tertiary alicyclic amines) is 1. The molecule has 1 saturated carbocycles. The molecule has 1 aliphatic heterocycles. The Morgan fingerprint density at radius 1 is 1.25 bits per heavy atom. The standard InChI is InChI=1S/C10H20N2/c1-9(2)7-12(8-9)10(6-11)4-3-5-10/h3-8,11H2,1-2H3. The van der Waals surface area contributed by atoms with Crippen molar-refractivity contribution in [3.8, 4) is 0 Å². The zero-order valence-electron chi connectivity index (χ0n) is 8.27. The van der Waals surface area contributed by atoms with E-state index in [-0.39, 0.29) is 0 Å². The molecule has 2 rings (SSSR count). The Morgan fingerprint density at radius 3 is 2.08 bits per heavy atom. The molecule has 0 spiro atoms. The quantitative estimate of drug-likeness (QED) is 0.671. The van der Waals surface area contributed by atoms with Crippen molar-refractivity contribution in [2.75, 3.05) is 19.6 Å². The number of hydrogen-bond acceptors (Lipinski definition) is 2. The second-order valence-electron chi connectivity index (χ2n) is 5.30. The van der Waals surface area contributed by atoms with Gasteiger partial charge in [-0.2, -0.15) is 0 Å². The van der Waals surface area contributed by atoms with Crippen molar-refractivity contribution in [2.24, 2.45) is 11.1 Å². The van der Waals surface area contributed by atoms with Crippen molar-refractivity contribution in [3.05, 3.63) is 0 Å². The molecular formula is C10H20N2. The number of hydrogen-bond donors (Lipinski definition) is 1. The molecule has 1 heterocycles. The van der Waals surface area contributed by atoms with Crippen LogP contribution in [0.25, 0.3) is 0 Å². The summed E-state index contributed by atoms with van der Waals surface area (Å²) >= 11 is 0. The average Bonchev–Trinajstić information content (AvgIpc) is 1.82. The van der Waals surface area contributed by atoms with Gasteiger partial charge in [0.25, 0.3) is 0 Å². The van der Waals surface area contributed by atoms with Crippen LogP contribution in [0.5, 0.6) is 0 Å². The van der Waals surface area contributed by atoms with Gasteiger partial charge in [-0.05, 0) is 24.7 Å². The summed E-state index contributed by atoms with van der Waals surface area (Å²) in [4.78, 5) is 2.59. The summed E-state index contributed by atoms with van der Waals surface area (Å²) in [5.74, 6) is 0. The topological polar surface area (TPSA) is 29.3 Å². The molecule has 0 aromatic rings. The van der Waals surface area contributed by atoms with Gasteiger partial charge in [0.1, 0.15) is 0 Å². The van der Waals surface area contributed by atoms with E-state index in [9.17, 15) is 0 Å². The molecule has 0 amide bonds. The van der Waals surface area contributed by atoms with Crippen molar-refractivity contribution in [1.29, 1.82) is 0 Å². The fraction of sp³-hybridized carbons (Fsp3) is 1.00. The lowest BCUT2D eigenvalue weighted by molar-refractivity contribution is -0.0915. The summed E-state index contributed by atoms with van der Waals surface area (Å²) in [6, 6.07) is 0. The van der Waals surface area contributed by atoms with Crippen molar-refractivity contribution < 1.29 is 0 Å². The summed E-state index contributed by atoms with van der Waals surface area (Å²) in [7, 11) is 0. The van der Waals surface area contributed by atoms with Crippen LogP contribution < -0.4 is 5.73 Å². The maximum absolute atomic E-state index is 5.83. The molecule has 2 N–H and O–H groups in total. The molecule has 0 bridgehead atoms. The first kappa shape index (κ1) is 8.52. The Hall–Kier alpha value is -0.0800. The smallest absolute Gasteiger partial charge is 0.0332 e. The summed E-state index contributed by atoms with van der Waals surface area (Å²) in [6.45, 7) is 8.05. The molecule has 0 aromatic carbocycles. The Balaban J connectivity index is 1.94. The van der Waals surface area contributed by atoms with Gasteiger partial charge in [-0.1, -0.05) is 13.8 Å². The van der Waals surface area contributed by atoms with E-state index in [4.69, 9.17) is 5.73 Å². The van der Waals surface area contributed by atoms with Crippen LogP contribution in [0.4, 0.5) is 0 Å². The maximum atomic E-state index is 5.83. The maximum Gasteiger partial charge on any atom is 0.0332 e. The van der Waals surface area contributed by atoms with Crippen molar-refractivity contribution in [3.63, 3.8) is 0 Å². The minimum Gasteiger partial charge on any atom is -0.329 e. The lowest BCUT2D eigenvalue weighted by Crippen LogP contribution is -2.68. The predicted octanol–water partition coefficient (Wildman–Crippen LogP) is 1.21. The van der Waals surface area contributed by atoms with Gasteiger partial charge < -0.3 is 5.73 Å². The third kappa shape index (κ3) is 1.09. The van der Waals surface area contributed by atoms with Crippen LogP contribution in [0, 0.1) is 5.41 Å². The molecule has 0 atom stereocenters. The Bertz CT molecular complexity index is 169. The highest BCUT2D eigenvalue weighted by Gasteiger charge is 2.49. The van der Waals surface area contributed by atoms with E-state index in [1.807, 2.05) is 0 Å². The molecule has 0 unspecified atom stereocenters. The first-order valence-electron chi connectivity index (χ1n) is 5.03. The van der Waals surface area contributed by atoms with Gasteiger partial charge in [0.05, 0.1) is 0 Å². The molecule has 0 aromatic heterocycles. The van der Waals surface area contributed by atoms with Gasteiger partial charge in [-0.3, -0.25) is 4.90 Å². The lowest BCUT2D eigenvalue weighted by atomic mass is 9.70. The fourth-order valence-corrected chi connectivity index (χ4v) is 2.56. The van der Waals surface area contributed by atoms with Crippen molar-refractivity contribution in [1.82, 2.24) is 4.90 Å². The summed E-state index contributed by atoms with van der Waals surface area (Å²) in [6.07, 6.45) is 4.05. The second-order valence-corrected chi connectivity index (χ2v) is 5.30. The molecule has 2 heteroatoms. The average molecular weight is 168 g/mol. The zero-order valence-corrected chi connectivity index (χ0v) is 8.27. The third-order valence-electron chi connectivity index (χ3n) is 3.57. The fourth-order valence-electron chi connectivity index (χ4n) is 2.56. The van der Waals surface area contributed by atoms with E-state index in [1.165, 1.54) is 32.4 Å². The third-order valence-corrected chi connectivity index (χ3v) is 3.57. The summed E-state index contributed by atoms with van der Waals surface area (Å²) in [5, 5.41) is 0. The minimum absolute atomic E-state index is 0.426. The van der Waals surface area contributed by atoms with Crippen LogP contribution in [0.15, 0.2) is 0 Å². The van der Waals surface area contributed by atoms with E-state index in [0.29, 0.717) is 11.0 Å². The highest BCUT2D eigenvalue weighted by atomic mass is 15.3. The van der Waals surface area contributed by atoms with E-state index in [0.717, 1.165) is 6.54 Å². The molecule has 70 valence electrons. The zero-order chi connectivity index (χ0) is 8.82. The van der Waals surface area contributed by atoms with Gasteiger partial charge in [-0.25, -0.2) is 0 Å². The second kappa shape index (κ2) is 2.46. The van der Waals surface area contributed by atoms with E-state index in [2.05, 4.69) is 18.7 Å². The highest BCUT2D eigenvalue weighted by molar-refractivity contribution is 5.05. The first-order chi connectivity index (χ1) is 5.58. The Kier molecular flexibility index (Phi) is 1.74. The van der Waals surface area contributed by atoms with Crippen LogP contribution in [-0.2, 0) is 0 Å². The summed E-state index contributed by atoms with van der Waals surface area (Å²) in [5.41, 5.74) is 6.81. The van der Waals surface area contributed by atoms with E-state index >= 15 is 0 Å². The van der Waals surface area contributed by atoms with Crippen LogP contribution in [-0.4, -0.2) is 30.1 Å².